The minimum absolute atomic E-state index is 0.0264. The summed E-state index contributed by atoms with van der Waals surface area (Å²) < 4.78 is 55.6. The van der Waals surface area contributed by atoms with Crippen LogP contribution in [0.3, 0.4) is 0 Å². The van der Waals surface area contributed by atoms with Crippen LogP contribution in [0.4, 0.5) is 18.0 Å². The van der Waals surface area contributed by atoms with Gasteiger partial charge in [-0.25, -0.2) is 22.9 Å². The Morgan fingerprint density at radius 1 is 1.08 bits per heavy atom. The molecular formula is C41H49F3N10O6S. The van der Waals surface area contributed by atoms with Crippen molar-refractivity contribution >= 4 is 23.8 Å². The van der Waals surface area contributed by atoms with Crippen LogP contribution in [0.5, 0.6) is 11.8 Å². The lowest BCUT2D eigenvalue weighted by atomic mass is 9.89. The third-order valence-corrected chi connectivity index (χ3v) is 12.1. The fourth-order valence-electron chi connectivity index (χ4n) is 7.78. The van der Waals surface area contributed by atoms with Gasteiger partial charge in [0, 0.05) is 74.9 Å². The SMILES string of the molecule is CC(Cn1cc(Cn2c(O)cc(SCC(N)C(=O)O)c2O)nn1)NC(=O)N(CC1CNCC1F)C(c1nc(-c2cc(F)ccc2F)cn1Cc1ccccc1)C1CCOCC1. The van der Waals surface area contributed by atoms with Gasteiger partial charge in [0.2, 0.25) is 5.88 Å². The van der Waals surface area contributed by atoms with Crippen LogP contribution in [0.15, 0.2) is 71.9 Å². The minimum atomic E-state index is -1.21. The third kappa shape index (κ3) is 10.5. The van der Waals surface area contributed by atoms with E-state index in [1.807, 2.05) is 34.9 Å². The van der Waals surface area contributed by atoms with Crippen LogP contribution in [0.2, 0.25) is 0 Å². The number of carbonyl (C=O) groups is 2. The zero-order valence-electron chi connectivity index (χ0n) is 33.4. The Morgan fingerprint density at radius 2 is 1.85 bits per heavy atom. The molecular weight excluding hydrogens is 818 g/mol. The number of carboxylic acids is 1. The lowest BCUT2D eigenvalue weighted by Crippen LogP contribution is -2.51. The second-order valence-electron chi connectivity index (χ2n) is 15.5. The van der Waals surface area contributed by atoms with Crippen molar-refractivity contribution in [2.75, 3.05) is 38.6 Å². The summed E-state index contributed by atoms with van der Waals surface area (Å²) >= 11 is 0.985. The van der Waals surface area contributed by atoms with Crippen molar-refractivity contribution in [3.05, 3.63) is 95.7 Å². The van der Waals surface area contributed by atoms with Gasteiger partial charge in [-0.3, -0.25) is 14.0 Å². The highest BCUT2D eigenvalue weighted by Crippen LogP contribution is 2.39. The number of aromatic nitrogens is 6. The lowest BCUT2D eigenvalue weighted by molar-refractivity contribution is -0.137. The van der Waals surface area contributed by atoms with Crippen LogP contribution in [0.1, 0.15) is 42.9 Å². The summed E-state index contributed by atoms with van der Waals surface area (Å²) in [6, 6.07) is 11.2. The number of aliphatic carboxylic acids is 1. The zero-order chi connectivity index (χ0) is 43.2. The van der Waals surface area contributed by atoms with E-state index >= 15 is 8.78 Å². The third-order valence-electron chi connectivity index (χ3n) is 11.0. The normalized spacial score (nSPS) is 18.5. The molecule has 0 saturated carbocycles. The van der Waals surface area contributed by atoms with Gasteiger partial charge in [-0.15, -0.1) is 16.9 Å². The summed E-state index contributed by atoms with van der Waals surface area (Å²) in [5.74, 6) is -3.34. The molecule has 20 heteroatoms. The van der Waals surface area contributed by atoms with Gasteiger partial charge >= 0.3 is 12.0 Å². The van der Waals surface area contributed by atoms with Gasteiger partial charge in [0.25, 0.3) is 0 Å². The number of nitrogens with two attached hydrogens (primary N) is 1. The van der Waals surface area contributed by atoms with E-state index in [4.69, 9.17) is 20.6 Å². The van der Waals surface area contributed by atoms with E-state index in [9.17, 15) is 24.2 Å². The molecule has 5 unspecified atom stereocenters. The predicted molar refractivity (Wildman–Crippen MR) is 219 cm³/mol. The predicted octanol–water partition coefficient (Wildman–Crippen LogP) is 4.36. The topological polar surface area (TPSA) is 211 Å². The van der Waals surface area contributed by atoms with Crippen LogP contribution in [0.25, 0.3) is 11.3 Å². The molecule has 7 rings (SSSR count). The van der Waals surface area contributed by atoms with E-state index < -0.39 is 53.8 Å². The van der Waals surface area contributed by atoms with Crippen molar-refractivity contribution in [3.8, 4) is 23.0 Å². The first-order valence-corrected chi connectivity index (χ1v) is 21.0. The van der Waals surface area contributed by atoms with Gasteiger partial charge in [-0.2, -0.15) is 0 Å². The van der Waals surface area contributed by atoms with Crippen molar-refractivity contribution in [2.24, 2.45) is 17.6 Å². The van der Waals surface area contributed by atoms with Crippen molar-refractivity contribution < 1.29 is 42.8 Å². The number of urea groups is 1. The van der Waals surface area contributed by atoms with Crippen LogP contribution >= 0.6 is 11.8 Å². The van der Waals surface area contributed by atoms with Gasteiger partial charge in [0.1, 0.15) is 35.4 Å². The number of nitrogens with one attached hydrogen (secondary N) is 2. The van der Waals surface area contributed by atoms with E-state index in [1.54, 1.807) is 24.2 Å². The molecule has 2 amide bonds. The fraction of sp³-hybridized carbons (Fsp3) is 0.439. The number of carbonyl (C=O) groups excluding carboxylic acids is 1. The number of nitrogens with zero attached hydrogens (tertiary/aromatic N) is 7. The molecule has 0 aliphatic carbocycles. The van der Waals surface area contributed by atoms with Crippen molar-refractivity contribution in [3.63, 3.8) is 0 Å². The second-order valence-corrected chi connectivity index (χ2v) is 16.6. The van der Waals surface area contributed by atoms with Crippen LogP contribution < -0.4 is 16.4 Å². The molecule has 5 heterocycles. The number of imidazole rings is 1. The Labute approximate surface area is 353 Å². The molecule has 0 radical (unpaired) electrons. The first kappa shape index (κ1) is 43.5. The maximum atomic E-state index is 15.4. The number of rotatable bonds is 17. The molecule has 7 N–H and O–H groups in total. The summed E-state index contributed by atoms with van der Waals surface area (Å²) in [6.07, 6.45) is 3.19. The molecule has 2 saturated heterocycles. The maximum absolute atomic E-state index is 15.4. The number of benzene rings is 2. The molecule has 2 aliphatic rings. The quantitative estimate of drug-likeness (QED) is 0.0721. The van der Waals surface area contributed by atoms with E-state index in [0.717, 1.165) is 35.5 Å². The average Bonchev–Trinajstić information content (AvgIpc) is 4.03. The standard InChI is InChI=1S/C41H49F3N10O6S/c1-24(17-52-20-29(49-50-52)21-53-36(55)14-35(39(53)56)61-23-33(45)40(57)58)47-41(59)54(19-27-15-46-16-32(27)44)37(26-9-11-60-12-10-26)38-48-34(30-13-28(42)7-8-31(30)43)22-51(38)18-25-5-3-2-4-6-25/h2-8,13-14,20,22,24,26-27,32-33,37,46,55-56H,9-12,15-19,21,23,45H2,1H3,(H,47,59)(H,57,58). The summed E-state index contributed by atoms with van der Waals surface area (Å²) in [4.78, 5) is 32.7. The Kier molecular flexibility index (Phi) is 13.9. The summed E-state index contributed by atoms with van der Waals surface area (Å²) in [7, 11) is 0. The van der Waals surface area contributed by atoms with Crippen LogP contribution in [-0.2, 0) is 29.2 Å². The number of hydrogen-bond acceptors (Lipinski definition) is 11. The fourth-order valence-corrected chi connectivity index (χ4v) is 8.71. The average molecular weight is 867 g/mol. The molecule has 3 aromatic heterocycles. The molecule has 326 valence electrons. The van der Waals surface area contributed by atoms with Crippen molar-refractivity contribution in [1.82, 2.24) is 44.6 Å². The number of ether oxygens (including phenoxy) is 1. The Bertz CT molecular complexity index is 2290. The highest BCUT2D eigenvalue weighted by molar-refractivity contribution is 7.99. The van der Waals surface area contributed by atoms with E-state index in [0.29, 0.717) is 50.7 Å². The highest BCUT2D eigenvalue weighted by atomic mass is 32.2. The van der Waals surface area contributed by atoms with Gasteiger partial charge in [-0.05, 0) is 49.4 Å². The smallest absolute Gasteiger partial charge is 0.321 e. The lowest BCUT2D eigenvalue weighted by Gasteiger charge is -2.40. The number of hydrogen-bond donors (Lipinski definition) is 6. The first-order valence-electron chi connectivity index (χ1n) is 20.0. The number of halogens is 3. The number of alkyl halides is 1. The molecule has 5 atom stereocenters. The molecule has 16 nitrogen and oxygen atoms in total. The minimum Gasteiger partial charge on any atom is -0.494 e. The molecule has 5 aromatic rings. The van der Waals surface area contributed by atoms with Crippen LogP contribution in [-0.4, -0.2) is 118 Å². The number of aromatic hydroxyl groups is 2. The van der Waals surface area contributed by atoms with Crippen molar-refractivity contribution in [1.29, 1.82) is 0 Å². The van der Waals surface area contributed by atoms with Gasteiger partial charge < -0.3 is 45.9 Å². The first-order chi connectivity index (χ1) is 29.3. The van der Waals surface area contributed by atoms with E-state index in [-0.39, 0.29) is 65.8 Å². The summed E-state index contributed by atoms with van der Waals surface area (Å²) in [6.45, 7) is 3.59. The van der Waals surface area contributed by atoms with Gasteiger partial charge in [0.05, 0.1) is 35.9 Å². The molecule has 0 spiro atoms. The zero-order valence-corrected chi connectivity index (χ0v) is 34.2. The number of thioether (sulfide) groups is 1. The number of amides is 2. The van der Waals surface area contributed by atoms with Gasteiger partial charge in [-0.1, -0.05) is 35.5 Å². The van der Waals surface area contributed by atoms with Gasteiger partial charge in [0.15, 0.2) is 5.88 Å². The van der Waals surface area contributed by atoms with E-state index in [2.05, 4.69) is 20.9 Å². The molecule has 0 bridgehead atoms. The van der Waals surface area contributed by atoms with Crippen LogP contribution in [0, 0.1) is 23.5 Å². The maximum Gasteiger partial charge on any atom is 0.321 e. The second kappa shape index (κ2) is 19.4. The molecule has 2 aliphatic heterocycles. The Hall–Kier alpha value is -5.57. The largest absolute Gasteiger partial charge is 0.494 e. The van der Waals surface area contributed by atoms with Crippen molar-refractivity contribution in [2.45, 2.75) is 68.6 Å². The molecule has 2 fully saturated rings. The number of carboxylic acid groups (broad SMARTS) is 1. The Balaban J connectivity index is 1.16. The highest BCUT2D eigenvalue weighted by Gasteiger charge is 2.40. The summed E-state index contributed by atoms with van der Waals surface area (Å²) in [5.41, 5.74) is 7.04. The summed E-state index contributed by atoms with van der Waals surface area (Å²) in [5, 5.41) is 44.9. The Morgan fingerprint density at radius 3 is 2.57 bits per heavy atom. The molecule has 61 heavy (non-hydrogen) atoms. The van der Waals surface area contributed by atoms with E-state index in [1.165, 1.54) is 15.3 Å². The molecule has 2 aromatic carbocycles. The monoisotopic (exact) mass is 866 g/mol.